The molecule has 0 aromatic heterocycles. The number of hydrogen-bond acceptors (Lipinski definition) is 3. The van der Waals surface area contributed by atoms with E-state index in [1.54, 1.807) is 6.08 Å². The first-order valence-electron chi connectivity index (χ1n) is 8.08. The summed E-state index contributed by atoms with van der Waals surface area (Å²) in [5, 5.41) is 0. The summed E-state index contributed by atoms with van der Waals surface area (Å²) >= 11 is 0. The highest BCUT2D eigenvalue weighted by Crippen LogP contribution is 2.32. The van der Waals surface area contributed by atoms with Gasteiger partial charge in [-0.15, -0.1) is 0 Å². The summed E-state index contributed by atoms with van der Waals surface area (Å²) in [5.41, 5.74) is 4.33. The van der Waals surface area contributed by atoms with E-state index in [9.17, 15) is 4.79 Å². The van der Waals surface area contributed by atoms with Gasteiger partial charge in [-0.25, -0.2) is 4.79 Å². The summed E-state index contributed by atoms with van der Waals surface area (Å²) in [6.07, 6.45) is 4.91. The molecule has 0 saturated carbocycles. The SMILES string of the molecule is CC1=C(OC(=O)OC/C=C/c2ccccc2)c2ccccc2CC1. The third kappa shape index (κ3) is 3.93. The van der Waals surface area contributed by atoms with Crippen LogP contribution in [-0.4, -0.2) is 12.8 Å². The van der Waals surface area contributed by atoms with Gasteiger partial charge in [0.1, 0.15) is 12.4 Å². The molecule has 0 fully saturated rings. The van der Waals surface area contributed by atoms with Crippen LogP contribution >= 0.6 is 0 Å². The minimum Gasteiger partial charge on any atom is -0.430 e. The lowest BCUT2D eigenvalue weighted by Gasteiger charge is -2.20. The molecule has 3 rings (SSSR count). The molecule has 0 spiro atoms. The first kappa shape index (κ1) is 16.1. The molecule has 0 amide bonds. The second kappa shape index (κ2) is 7.64. The summed E-state index contributed by atoms with van der Waals surface area (Å²) in [5.74, 6) is 0.633. The Hall–Kier alpha value is -2.81. The van der Waals surface area contributed by atoms with Crippen molar-refractivity contribution in [3.63, 3.8) is 0 Å². The number of carbonyl (C=O) groups is 1. The summed E-state index contributed by atoms with van der Waals surface area (Å²) in [7, 11) is 0. The predicted molar refractivity (Wildman–Crippen MR) is 95.3 cm³/mol. The van der Waals surface area contributed by atoms with Crippen LogP contribution in [0.25, 0.3) is 11.8 Å². The fourth-order valence-electron chi connectivity index (χ4n) is 2.74. The van der Waals surface area contributed by atoms with Crippen LogP contribution in [0.2, 0.25) is 0 Å². The largest absolute Gasteiger partial charge is 0.514 e. The summed E-state index contributed by atoms with van der Waals surface area (Å²) in [4.78, 5) is 12.0. The van der Waals surface area contributed by atoms with E-state index in [1.807, 2.05) is 61.5 Å². The molecule has 24 heavy (non-hydrogen) atoms. The highest BCUT2D eigenvalue weighted by atomic mass is 16.7. The maximum absolute atomic E-state index is 12.0. The Balaban J connectivity index is 1.58. The van der Waals surface area contributed by atoms with E-state index in [1.165, 1.54) is 5.56 Å². The smallest absolute Gasteiger partial charge is 0.430 e. The van der Waals surface area contributed by atoms with E-state index in [0.717, 1.165) is 29.5 Å². The Morgan fingerprint density at radius 2 is 1.79 bits per heavy atom. The first-order valence-corrected chi connectivity index (χ1v) is 8.08. The molecule has 0 N–H and O–H groups in total. The van der Waals surface area contributed by atoms with Gasteiger partial charge in [0.25, 0.3) is 0 Å². The van der Waals surface area contributed by atoms with Gasteiger partial charge in [-0.2, -0.15) is 0 Å². The van der Waals surface area contributed by atoms with Gasteiger partial charge in [-0.3, -0.25) is 0 Å². The van der Waals surface area contributed by atoms with E-state index >= 15 is 0 Å². The lowest BCUT2D eigenvalue weighted by Crippen LogP contribution is -2.12. The second-order valence-electron chi connectivity index (χ2n) is 5.74. The second-order valence-corrected chi connectivity index (χ2v) is 5.74. The lowest BCUT2D eigenvalue weighted by molar-refractivity contribution is 0.0999. The number of carbonyl (C=O) groups excluding carboxylic acids is 1. The zero-order valence-electron chi connectivity index (χ0n) is 13.7. The molecule has 0 atom stereocenters. The van der Waals surface area contributed by atoms with Gasteiger partial charge in [-0.05, 0) is 42.5 Å². The van der Waals surface area contributed by atoms with Gasteiger partial charge in [0.2, 0.25) is 0 Å². The number of allylic oxidation sites excluding steroid dienone is 1. The molecule has 0 aliphatic heterocycles. The van der Waals surface area contributed by atoms with Crippen molar-refractivity contribution in [1.29, 1.82) is 0 Å². The molecule has 3 heteroatoms. The number of hydrogen-bond donors (Lipinski definition) is 0. The molecule has 0 heterocycles. The molecule has 0 unspecified atom stereocenters. The van der Waals surface area contributed by atoms with Crippen LogP contribution in [0.4, 0.5) is 4.79 Å². The maximum atomic E-state index is 12.0. The van der Waals surface area contributed by atoms with Crippen molar-refractivity contribution >= 4 is 18.0 Å². The van der Waals surface area contributed by atoms with Crippen LogP contribution in [0.1, 0.15) is 30.0 Å². The van der Waals surface area contributed by atoms with E-state index in [0.29, 0.717) is 5.76 Å². The van der Waals surface area contributed by atoms with E-state index < -0.39 is 6.16 Å². The van der Waals surface area contributed by atoms with E-state index in [4.69, 9.17) is 9.47 Å². The molecular formula is C21H20O3. The normalized spacial score (nSPS) is 13.7. The molecule has 1 aliphatic rings. The Bertz CT molecular complexity index is 773. The standard InChI is InChI=1S/C21H20O3/c1-16-13-14-18-11-5-6-12-19(18)20(16)24-21(22)23-15-7-10-17-8-3-2-4-9-17/h2-12H,13-15H2,1H3/b10-7+. The van der Waals surface area contributed by atoms with E-state index in [-0.39, 0.29) is 6.61 Å². The number of aryl methyl sites for hydroxylation is 1. The third-order valence-electron chi connectivity index (χ3n) is 4.01. The maximum Gasteiger partial charge on any atom is 0.514 e. The molecule has 3 nitrogen and oxygen atoms in total. The van der Waals surface area contributed by atoms with Crippen molar-refractivity contribution < 1.29 is 14.3 Å². The zero-order valence-corrected chi connectivity index (χ0v) is 13.7. The first-order chi connectivity index (χ1) is 11.7. The van der Waals surface area contributed by atoms with Gasteiger partial charge in [0, 0.05) is 5.56 Å². The Kier molecular flexibility index (Phi) is 5.12. The lowest BCUT2D eigenvalue weighted by atomic mass is 9.91. The summed E-state index contributed by atoms with van der Waals surface area (Å²) in [6, 6.07) is 17.9. The fraction of sp³-hybridized carbons (Fsp3) is 0.190. The van der Waals surface area contributed by atoms with Gasteiger partial charge >= 0.3 is 6.16 Å². The van der Waals surface area contributed by atoms with Crippen LogP contribution in [0.5, 0.6) is 0 Å². The summed E-state index contributed by atoms with van der Waals surface area (Å²) in [6.45, 7) is 2.18. The Morgan fingerprint density at radius 1 is 1.04 bits per heavy atom. The van der Waals surface area contributed by atoms with Gasteiger partial charge in [0.05, 0.1) is 0 Å². The van der Waals surface area contributed by atoms with Gasteiger partial charge in [0.15, 0.2) is 0 Å². The molecule has 0 radical (unpaired) electrons. The van der Waals surface area contributed by atoms with Crippen LogP contribution in [0.3, 0.4) is 0 Å². The van der Waals surface area contributed by atoms with Gasteiger partial charge in [-0.1, -0.05) is 60.7 Å². The van der Waals surface area contributed by atoms with Crippen molar-refractivity contribution in [3.05, 3.63) is 82.9 Å². The van der Waals surface area contributed by atoms with Crippen molar-refractivity contribution in [2.24, 2.45) is 0 Å². The molecule has 2 aromatic carbocycles. The summed E-state index contributed by atoms with van der Waals surface area (Å²) < 4.78 is 10.6. The number of fused-ring (bicyclic) bond motifs is 1. The van der Waals surface area contributed by atoms with Gasteiger partial charge < -0.3 is 9.47 Å². The quantitative estimate of drug-likeness (QED) is 0.724. The third-order valence-corrected chi connectivity index (χ3v) is 4.01. The van der Waals surface area contributed by atoms with Crippen molar-refractivity contribution in [1.82, 2.24) is 0 Å². The van der Waals surface area contributed by atoms with Crippen molar-refractivity contribution in [2.75, 3.05) is 6.61 Å². The molecule has 1 aliphatic carbocycles. The molecule has 0 bridgehead atoms. The predicted octanol–water partition coefficient (Wildman–Crippen LogP) is 5.23. The highest BCUT2D eigenvalue weighted by Gasteiger charge is 2.20. The average Bonchev–Trinajstić information content (AvgIpc) is 2.62. The highest BCUT2D eigenvalue weighted by molar-refractivity contribution is 5.76. The van der Waals surface area contributed by atoms with E-state index in [2.05, 4.69) is 6.07 Å². The fourth-order valence-corrected chi connectivity index (χ4v) is 2.74. The van der Waals surface area contributed by atoms with Crippen LogP contribution in [0.15, 0.2) is 66.2 Å². The van der Waals surface area contributed by atoms with Crippen LogP contribution in [0, 0.1) is 0 Å². The number of ether oxygens (including phenoxy) is 2. The monoisotopic (exact) mass is 320 g/mol. The topological polar surface area (TPSA) is 35.5 Å². The molecule has 122 valence electrons. The Labute approximate surface area is 142 Å². The minimum atomic E-state index is -0.668. The zero-order chi connectivity index (χ0) is 16.8. The minimum absolute atomic E-state index is 0.182. The molecule has 2 aromatic rings. The number of rotatable bonds is 4. The Morgan fingerprint density at radius 3 is 2.62 bits per heavy atom. The van der Waals surface area contributed by atoms with Crippen molar-refractivity contribution in [2.45, 2.75) is 19.8 Å². The number of benzene rings is 2. The molecular weight excluding hydrogens is 300 g/mol. The van der Waals surface area contributed by atoms with Crippen molar-refractivity contribution in [3.8, 4) is 0 Å². The van der Waals surface area contributed by atoms with Crippen LogP contribution < -0.4 is 0 Å². The van der Waals surface area contributed by atoms with Crippen LogP contribution in [-0.2, 0) is 15.9 Å². The molecule has 0 saturated heterocycles. The average molecular weight is 320 g/mol.